The van der Waals surface area contributed by atoms with Crippen LogP contribution in [0.4, 0.5) is 5.69 Å². The first kappa shape index (κ1) is 21.8. The maximum absolute atomic E-state index is 12.6. The van der Waals surface area contributed by atoms with Crippen LogP contribution in [-0.2, 0) is 4.79 Å². The predicted octanol–water partition coefficient (Wildman–Crippen LogP) is 3.85. The van der Waals surface area contributed by atoms with Gasteiger partial charge in [-0.3, -0.25) is 9.59 Å². The van der Waals surface area contributed by atoms with E-state index in [-0.39, 0.29) is 11.8 Å². The summed E-state index contributed by atoms with van der Waals surface area (Å²) in [6.07, 6.45) is 3.19. The van der Waals surface area contributed by atoms with Crippen LogP contribution in [0.3, 0.4) is 0 Å². The zero-order chi connectivity index (χ0) is 22.5. The van der Waals surface area contributed by atoms with Crippen LogP contribution < -0.4 is 10.1 Å². The predicted molar refractivity (Wildman–Crippen MR) is 122 cm³/mol. The van der Waals surface area contributed by atoms with E-state index in [0.29, 0.717) is 17.0 Å². The summed E-state index contributed by atoms with van der Waals surface area (Å²) in [4.78, 5) is 26.3. The molecule has 3 rings (SSSR count). The Balaban J connectivity index is 1.82. The van der Waals surface area contributed by atoms with Gasteiger partial charge in [-0.25, -0.2) is 4.68 Å². The van der Waals surface area contributed by atoms with Gasteiger partial charge in [-0.15, -0.1) is 0 Å². The number of carbonyl (C=O) groups excluding carboxylic acids is 2. The van der Waals surface area contributed by atoms with Gasteiger partial charge in [0.05, 0.1) is 24.2 Å². The standard InChI is InChI=1S/C24H26N4O3/c1-16-20(17(2)28(26-16)19-9-7-6-8-10-19)12-14-23(29)25-21-15-18(24(30)27(3)4)11-13-22(21)31-5/h6-15H,1-5H3,(H,25,29)/b14-12+. The minimum absolute atomic E-state index is 0.159. The fourth-order valence-electron chi connectivity index (χ4n) is 3.25. The van der Waals surface area contributed by atoms with Gasteiger partial charge in [0.1, 0.15) is 5.75 Å². The first-order chi connectivity index (χ1) is 14.8. The van der Waals surface area contributed by atoms with E-state index < -0.39 is 0 Å². The number of hydrogen-bond acceptors (Lipinski definition) is 4. The molecule has 0 aliphatic carbocycles. The number of carbonyl (C=O) groups is 2. The van der Waals surface area contributed by atoms with Crippen LogP contribution in [0.25, 0.3) is 11.8 Å². The average Bonchev–Trinajstić information content (AvgIpc) is 3.05. The highest BCUT2D eigenvalue weighted by Crippen LogP contribution is 2.26. The highest BCUT2D eigenvalue weighted by Gasteiger charge is 2.14. The number of nitrogens with zero attached hydrogens (tertiary/aromatic N) is 3. The lowest BCUT2D eigenvalue weighted by Gasteiger charge is -2.14. The molecule has 2 amide bonds. The quantitative estimate of drug-likeness (QED) is 0.617. The zero-order valence-corrected chi connectivity index (χ0v) is 18.3. The summed E-state index contributed by atoms with van der Waals surface area (Å²) in [7, 11) is 4.86. The molecule has 0 unspecified atom stereocenters. The number of amides is 2. The molecule has 0 aliphatic heterocycles. The van der Waals surface area contributed by atoms with Crippen molar-refractivity contribution in [3.05, 3.63) is 77.1 Å². The van der Waals surface area contributed by atoms with E-state index in [2.05, 4.69) is 10.4 Å². The van der Waals surface area contributed by atoms with Gasteiger partial charge in [-0.2, -0.15) is 5.10 Å². The zero-order valence-electron chi connectivity index (χ0n) is 18.3. The molecule has 160 valence electrons. The molecule has 31 heavy (non-hydrogen) atoms. The van der Waals surface area contributed by atoms with E-state index >= 15 is 0 Å². The van der Waals surface area contributed by atoms with Gasteiger partial charge >= 0.3 is 0 Å². The van der Waals surface area contributed by atoms with Crippen molar-refractivity contribution >= 4 is 23.6 Å². The Morgan fingerprint density at radius 3 is 2.45 bits per heavy atom. The molecular formula is C24H26N4O3. The molecule has 1 N–H and O–H groups in total. The first-order valence-electron chi connectivity index (χ1n) is 9.82. The maximum atomic E-state index is 12.6. The fourth-order valence-corrected chi connectivity index (χ4v) is 3.25. The van der Waals surface area contributed by atoms with Crippen LogP contribution in [0.5, 0.6) is 5.75 Å². The van der Waals surface area contributed by atoms with E-state index in [9.17, 15) is 9.59 Å². The fraction of sp³-hybridized carbons (Fsp3) is 0.208. The highest BCUT2D eigenvalue weighted by atomic mass is 16.5. The van der Waals surface area contributed by atoms with E-state index in [1.165, 1.54) is 18.1 Å². The molecule has 0 fully saturated rings. The number of ether oxygens (including phenoxy) is 1. The van der Waals surface area contributed by atoms with Crippen LogP contribution >= 0.6 is 0 Å². The lowest BCUT2D eigenvalue weighted by Crippen LogP contribution is -2.22. The van der Waals surface area contributed by atoms with E-state index in [4.69, 9.17) is 4.74 Å². The van der Waals surface area contributed by atoms with Gasteiger partial charge in [0.25, 0.3) is 5.91 Å². The minimum atomic E-state index is -0.334. The van der Waals surface area contributed by atoms with Crippen molar-refractivity contribution in [3.63, 3.8) is 0 Å². The van der Waals surface area contributed by atoms with Gasteiger partial charge < -0.3 is 15.0 Å². The number of para-hydroxylation sites is 1. The molecule has 1 heterocycles. The Morgan fingerprint density at radius 2 is 1.81 bits per heavy atom. The Kier molecular flexibility index (Phi) is 6.55. The van der Waals surface area contributed by atoms with Crippen molar-refractivity contribution in [2.45, 2.75) is 13.8 Å². The number of rotatable bonds is 6. The van der Waals surface area contributed by atoms with Crippen LogP contribution in [0.1, 0.15) is 27.3 Å². The van der Waals surface area contributed by atoms with Crippen LogP contribution in [-0.4, -0.2) is 47.7 Å². The summed E-state index contributed by atoms with van der Waals surface area (Å²) in [5.41, 5.74) is 4.48. The molecule has 0 atom stereocenters. The molecule has 0 radical (unpaired) electrons. The second-order valence-electron chi connectivity index (χ2n) is 7.27. The Labute approximate surface area is 181 Å². The van der Waals surface area contributed by atoms with Gasteiger partial charge in [-0.1, -0.05) is 18.2 Å². The van der Waals surface area contributed by atoms with Gasteiger partial charge in [0, 0.05) is 37.0 Å². The molecule has 0 bridgehead atoms. The molecule has 3 aromatic rings. The lowest BCUT2D eigenvalue weighted by atomic mass is 10.1. The summed E-state index contributed by atoms with van der Waals surface area (Å²) in [6, 6.07) is 14.8. The third kappa shape index (κ3) is 4.83. The normalized spacial score (nSPS) is 10.9. The van der Waals surface area contributed by atoms with Crippen LogP contribution in [0.2, 0.25) is 0 Å². The molecule has 7 heteroatoms. The van der Waals surface area contributed by atoms with Crippen molar-refractivity contribution in [2.75, 3.05) is 26.5 Å². The van der Waals surface area contributed by atoms with Gasteiger partial charge in [0.2, 0.25) is 5.91 Å². The minimum Gasteiger partial charge on any atom is -0.495 e. The topological polar surface area (TPSA) is 76.5 Å². The Hall–Kier alpha value is -3.87. The molecule has 0 aliphatic rings. The summed E-state index contributed by atoms with van der Waals surface area (Å²) < 4.78 is 7.17. The number of anilines is 1. The number of nitrogens with one attached hydrogen (secondary N) is 1. The number of benzene rings is 2. The smallest absolute Gasteiger partial charge is 0.253 e. The number of aromatic nitrogens is 2. The number of methoxy groups -OCH3 is 1. The largest absolute Gasteiger partial charge is 0.495 e. The van der Waals surface area contributed by atoms with E-state index in [1.807, 2.05) is 48.9 Å². The molecule has 2 aromatic carbocycles. The molecule has 7 nitrogen and oxygen atoms in total. The monoisotopic (exact) mass is 418 g/mol. The van der Waals surface area contributed by atoms with E-state index in [0.717, 1.165) is 22.6 Å². The summed E-state index contributed by atoms with van der Waals surface area (Å²) in [5.74, 6) is -0.0198. The van der Waals surface area contributed by atoms with Crippen molar-refractivity contribution in [1.82, 2.24) is 14.7 Å². The van der Waals surface area contributed by atoms with Crippen molar-refractivity contribution in [3.8, 4) is 11.4 Å². The number of hydrogen-bond donors (Lipinski definition) is 1. The summed E-state index contributed by atoms with van der Waals surface area (Å²) in [6.45, 7) is 3.87. The number of aryl methyl sites for hydroxylation is 1. The summed E-state index contributed by atoms with van der Waals surface area (Å²) >= 11 is 0. The molecule has 0 saturated heterocycles. The van der Waals surface area contributed by atoms with E-state index in [1.54, 1.807) is 38.4 Å². The van der Waals surface area contributed by atoms with Crippen molar-refractivity contribution < 1.29 is 14.3 Å². The maximum Gasteiger partial charge on any atom is 0.253 e. The van der Waals surface area contributed by atoms with Crippen LogP contribution in [0.15, 0.2) is 54.6 Å². The van der Waals surface area contributed by atoms with Crippen LogP contribution in [0, 0.1) is 13.8 Å². The summed E-state index contributed by atoms with van der Waals surface area (Å²) in [5, 5.41) is 7.38. The third-order valence-electron chi connectivity index (χ3n) is 4.86. The van der Waals surface area contributed by atoms with Gasteiger partial charge in [0.15, 0.2) is 0 Å². The molecule has 0 spiro atoms. The van der Waals surface area contributed by atoms with Gasteiger partial charge in [-0.05, 0) is 50.3 Å². The Morgan fingerprint density at radius 1 is 1.10 bits per heavy atom. The first-order valence-corrected chi connectivity index (χ1v) is 9.82. The molecular weight excluding hydrogens is 392 g/mol. The molecule has 1 aromatic heterocycles. The molecule has 0 saturated carbocycles. The lowest BCUT2D eigenvalue weighted by molar-refractivity contribution is -0.111. The van der Waals surface area contributed by atoms with Crippen molar-refractivity contribution in [1.29, 1.82) is 0 Å². The SMILES string of the molecule is COc1ccc(C(=O)N(C)C)cc1NC(=O)/C=C/c1c(C)nn(-c2ccccc2)c1C. The average molecular weight is 418 g/mol. The Bertz CT molecular complexity index is 1130. The third-order valence-corrected chi connectivity index (χ3v) is 4.86. The second-order valence-corrected chi connectivity index (χ2v) is 7.27. The second kappa shape index (κ2) is 9.30. The van der Waals surface area contributed by atoms with Crippen molar-refractivity contribution in [2.24, 2.45) is 0 Å². The highest BCUT2D eigenvalue weighted by molar-refractivity contribution is 6.04.